The van der Waals surface area contributed by atoms with Crippen LogP contribution in [0.25, 0.3) is 0 Å². The maximum absolute atomic E-state index is 13.4. The molecule has 0 radical (unpaired) electrons. The molecule has 7 heteroatoms. The van der Waals surface area contributed by atoms with Gasteiger partial charge in [-0.2, -0.15) is 0 Å². The van der Waals surface area contributed by atoms with E-state index in [9.17, 15) is 22.8 Å². The number of nitrogens with one attached hydrogen (secondary N) is 1. The zero-order valence-corrected chi connectivity index (χ0v) is 10.4. The van der Waals surface area contributed by atoms with E-state index in [1.165, 1.54) is 18.2 Å². The molecule has 108 valence electrons. The first-order valence-corrected chi connectivity index (χ1v) is 5.67. The lowest BCUT2D eigenvalue weighted by Crippen LogP contribution is -2.14. The van der Waals surface area contributed by atoms with E-state index in [0.717, 1.165) is 6.07 Å². The second-order valence-electron chi connectivity index (χ2n) is 4.09. The average Bonchev–Trinajstić information content (AvgIpc) is 2.44. The molecule has 0 fully saturated rings. The summed E-state index contributed by atoms with van der Waals surface area (Å²) in [6.07, 6.45) is 0. The number of carboxylic acid groups (broad SMARTS) is 1. The number of hydrogen-bond acceptors (Lipinski definition) is 2. The molecule has 0 atom stereocenters. The van der Waals surface area contributed by atoms with E-state index < -0.39 is 35.0 Å². The lowest BCUT2D eigenvalue weighted by molar-refractivity contribution is 0.0697. The van der Waals surface area contributed by atoms with Gasteiger partial charge < -0.3 is 10.4 Å². The van der Waals surface area contributed by atoms with Gasteiger partial charge in [-0.05, 0) is 18.2 Å². The van der Waals surface area contributed by atoms with Crippen molar-refractivity contribution < 1.29 is 27.9 Å². The summed E-state index contributed by atoms with van der Waals surface area (Å²) in [7, 11) is 0. The lowest BCUT2D eigenvalue weighted by Gasteiger charge is -2.07. The van der Waals surface area contributed by atoms with E-state index in [1.807, 2.05) is 5.32 Å². The molecule has 0 spiro atoms. The van der Waals surface area contributed by atoms with Gasteiger partial charge in [0.05, 0.1) is 11.3 Å². The first-order valence-electron chi connectivity index (χ1n) is 5.67. The fourth-order valence-electron chi connectivity index (χ4n) is 1.61. The Morgan fingerprint density at radius 1 is 0.905 bits per heavy atom. The quantitative estimate of drug-likeness (QED) is 0.855. The number of benzene rings is 2. The van der Waals surface area contributed by atoms with Crippen molar-refractivity contribution in [2.24, 2.45) is 0 Å². The highest BCUT2D eigenvalue weighted by atomic mass is 19.2. The van der Waals surface area contributed by atoms with Crippen molar-refractivity contribution in [1.29, 1.82) is 0 Å². The predicted octanol–water partition coefficient (Wildman–Crippen LogP) is 3.05. The van der Waals surface area contributed by atoms with Gasteiger partial charge in [0.1, 0.15) is 5.82 Å². The molecular weight excluding hydrogens is 287 g/mol. The Morgan fingerprint density at radius 2 is 1.52 bits per heavy atom. The number of carbonyl (C=O) groups is 2. The van der Waals surface area contributed by atoms with Crippen molar-refractivity contribution in [2.45, 2.75) is 0 Å². The molecule has 0 unspecified atom stereocenters. The van der Waals surface area contributed by atoms with Gasteiger partial charge in [0.25, 0.3) is 5.91 Å². The maximum Gasteiger partial charge on any atom is 0.335 e. The van der Waals surface area contributed by atoms with Gasteiger partial charge in [-0.3, -0.25) is 4.79 Å². The zero-order valence-electron chi connectivity index (χ0n) is 10.4. The van der Waals surface area contributed by atoms with Crippen LogP contribution in [0, 0.1) is 17.5 Å². The number of anilines is 1. The predicted molar refractivity (Wildman–Crippen MR) is 67.7 cm³/mol. The summed E-state index contributed by atoms with van der Waals surface area (Å²) in [4.78, 5) is 22.6. The molecule has 2 aromatic carbocycles. The molecule has 0 aliphatic heterocycles. The van der Waals surface area contributed by atoms with Crippen molar-refractivity contribution >= 4 is 17.6 Å². The molecule has 0 heterocycles. The Morgan fingerprint density at radius 3 is 2.19 bits per heavy atom. The Kier molecular flexibility index (Phi) is 3.93. The SMILES string of the molecule is O=C(O)c1cccc(C(=O)Nc2cc(F)c(F)cc2F)c1. The number of halogens is 3. The van der Waals surface area contributed by atoms with E-state index in [-0.39, 0.29) is 11.1 Å². The molecular formula is C14H8F3NO3. The van der Waals surface area contributed by atoms with E-state index in [1.54, 1.807) is 0 Å². The molecule has 21 heavy (non-hydrogen) atoms. The molecule has 0 aliphatic carbocycles. The minimum atomic E-state index is -1.38. The highest BCUT2D eigenvalue weighted by Crippen LogP contribution is 2.19. The standard InChI is InChI=1S/C14H8F3NO3/c15-9-5-11(17)12(6-10(9)16)18-13(19)7-2-1-3-8(4-7)14(20)21/h1-6H,(H,18,19)(H,20,21). The molecule has 0 saturated carbocycles. The molecule has 4 nitrogen and oxygen atoms in total. The summed E-state index contributed by atoms with van der Waals surface area (Å²) in [5, 5.41) is 10.9. The minimum Gasteiger partial charge on any atom is -0.478 e. The first-order chi connectivity index (χ1) is 9.88. The van der Waals surface area contributed by atoms with E-state index >= 15 is 0 Å². The fourth-order valence-corrected chi connectivity index (χ4v) is 1.61. The highest BCUT2D eigenvalue weighted by Gasteiger charge is 2.14. The van der Waals surface area contributed by atoms with Gasteiger partial charge in [-0.15, -0.1) is 0 Å². The van der Waals surface area contributed by atoms with Crippen molar-refractivity contribution in [3.63, 3.8) is 0 Å². The number of hydrogen-bond donors (Lipinski definition) is 2. The molecule has 2 N–H and O–H groups in total. The van der Waals surface area contributed by atoms with E-state index in [2.05, 4.69) is 0 Å². The Bertz CT molecular complexity index is 731. The van der Waals surface area contributed by atoms with Gasteiger partial charge in [-0.25, -0.2) is 18.0 Å². The van der Waals surface area contributed by atoms with Gasteiger partial charge in [0.15, 0.2) is 11.6 Å². The largest absolute Gasteiger partial charge is 0.478 e. The Balaban J connectivity index is 2.28. The maximum atomic E-state index is 13.4. The number of aromatic carboxylic acids is 1. The van der Waals surface area contributed by atoms with Crippen LogP contribution in [-0.2, 0) is 0 Å². The molecule has 2 rings (SSSR count). The van der Waals surface area contributed by atoms with Crippen LogP contribution in [0.3, 0.4) is 0 Å². The van der Waals surface area contributed by atoms with Gasteiger partial charge >= 0.3 is 5.97 Å². The number of carboxylic acids is 1. The van der Waals surface area contributed by atoms with Gasteiger partial charge in [0, 0.05) is 17.7 Å². The van der Waals surface area contributed by atoms with Crippen LogP contribution >= 0.6 is 0 Å². The first kappa shape index (κ1) is 14.6. The average molecular weight is 295 g/mol. The molecule has 0 bridgehead atoms. The summed E-state index contributed by atoms with van der Waals surface area (Å²) >= 11 is 0. The third-order valence-electron chi connectivity index (χ3n) is 2.63. The molecule has 1 amide bonds. The second-order valence-corrected chi connectivity index (χ2v) is 4.09. The fraction of sp³-hybridized carbons (Fsp3) is 0. The lowest BCUT2D eigenvalue weighted by atomic mass is 10.1. The van der Waals surface area contributed by atoms with Gasteiger partial charge in [-0.1, -0.05) is 6.07 Å². The summed E-state index contributed by atoms with van der Waals surface area (Å²) in [5.74, 6) is -5.91. The van der Waals surface area contributed by atoms with Crippen LogP contribution in [0.15, 0.2) is 36.4 Å². The van der Waals surface area contributed by atoms with Crippen LogP contribution in [0.4, 0.5) is 18.9 Å². The summed E-state index contributed by atoms with van der Waals surface area (Å²) in [5.41, 5.74) is -0.730. The highest BCUT2D eigenvalue weighted by molar-refractivity contribution is 6.05. The van der Waals surface area contributed by atoms with Crippen LogP contribution in [0.1, 0.15) is 20.7 Å². The summed E-state index contributed by atoms with van der Waals surface area (Å²) in [6, 6.07) is 5.80. The van der Waals surface area contributed by atoms with Crippen molar-refractivity contribution in [3.05, 3.63) is 65.0 Å². The topological polar surface area (TPSA) is 66.4 Å². The summed E-state index contributed by atoms with van der Waals surface area (Å²) in [6.45, 7) is 0. The van der Waals surface area contributed by atoms with Crippen molar-refractivity contribution in [2.75, 3.05) is 5.32 Å². The van der Waals surface area contributed by atoms with Crippen LogP contribution in [0.5, 0.6) is 0 Å². The third-order valence-corrected chi connectivity index (χ3v) is 2.63. The van der Waals surface area contributed by atoms with Crippen LogP contribution < -0.4 is 5.32 Å². The molecule has 2 aromatic rings. The number of amides is 1. The van der Waals surface area contributed by atoms with Crippen molar-refractivity contribution in [1.82, 2.24) is 0 Å². The molecule has 0 aromatic heterocycles. The Hall–Kier alpha value is -2.83. The van der Waals surface area contributed by atoms with Crippen molar-refractivity contribution in [3.8, 4) is 0 Å². The van der Waals surface area contributed by atoms with E-state index in [4.69, 9.17) is 5.11 Å². The third kappa shape index (κ3) is 3.19. The smallest absolute Gasteiger partial charge is 0.335 e. The van der Waals surface area contributed by atoms with E-state index in [0.29, 0.717) is 12.1 Å². The second kappa shape index (κ2) is 5.66. The summed E-state index contributed by atoms with van der Waals surface area (Å²) < 4.78 is 39.2. The zero-order chi connectivity index (χ0) is 15.6. The Labute approximate surface area is 116 Å². The van der Waals surface area contributed by atoms with Crippen LogP contribution in [0.2, 0.25) is 0 Å². The normalized spacial score (nSPS) is 10.2. The van der Waals surface area contributed by atoms with Crippen LogP contribution in [-0.4, -0.2) is 17.0 Å². The number of carbonyl (C=O) groups excluding carboxylic acids is 1. The minimum absolute atomic E-state index is 0.0565. The monoisotopic (exact) mass is 295 g/mol. The molecule has 0 saturated heterocycles. The number of rotatable bonds is 3. The van der Waals surface area contributed by atoms with Gasteiger partial charge in [0.2, 0.25) is 0 Å². The molecule has 0 aliphatic rings.